The van der Waals surface area contributed by atoms with E-state index in [1.807, 2.05) is 31.2 Å². The maximum atomic E-state index is 12.3. The molecule has 2 amide bonds. The number of benzene rings is 1. The number of methoxy groups -OCH3 is 1. The molecule has 2 saturated heterocycles. The smallest absolute Gasteiger partial charge is 0.229 e. The summed E-state index contributed by atoms with van der Waals surface area (Å²) in [7, 11) is 1.60. The summed E-state index contributed by atoms with van der Waals surface area (Å²) in [5.41, 5.74) is 0.808. The van der Waals surface area contributed by atoms with Gasteiger partial charge < -0.3 is 20.3 Å². The topological polar surface area (TPSA) is 70.7 Å². The molecule has 0 radical (unpaired) electrons. The molecule has 2 unspecified atom stereocenters. The zero-order chi connectivity index (χ0) is 16.4. The first-order valence-electron chi connectivity index (χ1n) is 8.04. The van der Waals surface area contributed by atoms with Gasteiger partial charge in [0, 0.05) is 30.6 Å². The van der Waals surface area contributed by atoms with Gasteiger partial charge in [-0.3, -0.25) is 9.59 Å². The summed E-state index contributed by atoms with van der Waals surface area (Å²) in [6.07, 6.45) is 0.346. The lowest BCUT2D eigenvalue weighted by Gasteiger charge is -2.32. The third kappa shape index (κ3) is 3.82. The van der Waals surface area contributed by atoms with Crippen LogP contribution >= 0.6 is 12.4 Å². The van der Waals surface area contributed by atoms with Crippen LogP contribution < -0.4 is 20.3 Å². The Morgan fingerprint density at radius 1 is 1.42 bits per heavy atom. The first-order chi connectivity index (χ1) is 11.1. The molecule has 2 atom stereocenters. The van der Waals surface area contributed by atoms with Gasteiger partial charge in [0.15, 0.2) is 0 Å². The molecule has 2 aliphatic heterocycles. The molecule has 1 aromatic rings. The fourth-order valence-electron chi connectivity index (χ4n) is 3.04. The minimum absolute atomic E-state index is 0. The van der Waals surface area contributed by atoms with E-state index < -0.39 is 0 Å². The van der Waals surface area contributed by atoms with E-state index in [0.29, 0.717) is 24.6 Å². The van der Waals surface area contributed by atoms with Crippen LogP contribution in [0.4, 0.5) is 5.69 Å². The van der Waals surface area contributed by atoms with Crippen molar-refractivity contribution in [2.75, 3.05) is 31.6 Å². The Balaban J connectivity index is 0.00000208. The molecule has 1 aromatic carbocycles. The molecule has 0 aliphatic carbocycles. The number of amides is 2. The normalized spacial score (nSPS) is 21.7. The second-order valence-electron chi connectivity index (χ2n) is 6.32. The number of hydrogen-bond donors (Lipinski definition) is 2. The molecular weight excluding hydrogens is 330 g/mol. The Labute approximate surface area is 148 Å². The van der Waals surface area contributed by atoms with Crippen LogP contribution in [-0.4, -0.2) is 44.6 Å². The Morgan fingerprint density at radius 3 is 2.79 bits per heavy atom. The molecule has 0 spiro atoms. The fourth-order valence-corrected chi connectivity index (χ4v) is 3.04. The van der Waals surface area contributed by atoms with Crippen molar-refractivity contribution in [3.05, 3.63) is 24.3 Å². The van der Waals surface area contributed by atoms with Crippen molar-refractivity contribution in [1.82, 2.24) is 10.6 Å². The van der Waals surface area contributed by atoms with Gasteiger partial charge in [-0.05, 0) is 31.1 Å². The van der Waals surface area contributed by atoms with Crippen molar-refractivity contribution in [1.29, 1.82) is 0 Å². The summed E-state index contributed by atoms with van der Waals surface area (Å²) in [4.78, 5) is 26.3. The third-order valence-electron chi connectivity index (χ3n) is 4.77. The van der Waals surface area contributed by atoms with Gasteiger partial charge in [0.2, 0.25) is 11.8 Å². The van der Waals surface area contributed by atoms with E-state index in [0.717, 1.165) is 18.8 Å². The number of nitrogens with one attached hydrogen (secondary N) is 2. The molecule has 2 N–H and O–H groups in total. The average Bonchev–Trinajstić information content (AvgIpc) is 2.86. The van der Waals surface area contributed by atoms with E-state index in [1.165, 1.54) is 0 Å². The highest BCUT2D eigenvalue weighted by molar-refractivity contribution is 5.97. The molecule has 0 bridgehead atoms. The van der Waals surface area contributed by atoms with Gasteiger partial charge in [0.05, 0.1) is 13.2 Å². The first kappa shape index (κ1) is 18.5. The van der Waals surface area contributed by atoms with Crippen LogP contribution in [0.5, 0.6) is 5.75 Å². The number of carbonyl (C=O) groups excluding carboxylic acids is 2. The molecular formula is C17H24ClN3O3. The van der Waals surface area contributed by atoms with E-state index in [-0.39, 0.29) is 36.2 Å². The quantitative estimate of drug-likeness (QED) is 0.834. The fraction of sp³-hybridized carbons (Fsp3) is 0.529. The maximum Gasteiger partial charge on any atom is 0.229 e. The Hall–Kier alpha value is -1.79. The maximum absolute atomic E-state index is 12.3. The van der Waals surface area contributed by atoms with Crippen LogP contribution in [0.15, 0.2) is 24.3 Å². The highest BCUT2D eigenvalue weighted by Crippen LogP contribution is 2.26. The van der Waals surface area contributed by atoms with Crippen molar-refractivity contribution in [2.45, 2.75) is 19.4 Å². The van der Waals surface area contributed by atoms with Crippen LogP contribution in [0.25, 0.3) is 0 Å². The number of hydrogen-bond acceptors (Lipinski definition) is 4. The number of rotatable bonds is 5. The van der Waals surface area contributed by atoms with E-state index in [1.54, 1.807) is 12.0 Å². The van der Waals surface area contributed by atoms with Crippen molar-refractivity contribution < 1.29 is 14.3 Å². The molecule has 2 aliphatic rings. The van der Waals surface area contributed by atoms with Gasteiger partial charge in [0.1, 0.15) is 5.75 Å². The number of carbonyl (C=O) groups is 2. The van der Waals surface area contributed by atoms with Crippen molar-refractivity contribution in [2.24, 2.45) is 11.8 Å². The second kappa shape index (κ2) is 7.85. The summed E-state index contributed by atoms with van der Waals surface area (Å²) >= 11 is 0. The lowest BCUT2D eigenvalue weighted by molar-refractivity contribution is -0.127. The first-order valence-corrected chi connectivity index (χ1v) is 8.04. The molecule has 7 heteroatoms. The SMILES string of the molecule is COc1cccc(N2CC(NC(=O)C(C)C3CNC3)CC2=O)c1.Cl. The van der Waals surface area contributed by atoms with Gasteiger partial charge in [0.25, 0.3) is 0 Å². The van der Waals surface area contributed by atoms with E-state index in [4.69, 9.17) is 4.74 Å². The lowest BCUT2D eigenvalue weighted by Crippen LogP contribution is -2.51. The van der Waals surface area contributed by atoms with E-state index >= 15 is 0 Å². The summed E-state index contributed by atoms with van der Waals surface area (Å²) in [5, 5.41) is 6.21. The molecule has 132 valence electrons. The zero-order valence-corrected chi connectivity index (χ0v) is 14.8. The van der Waals surface area contributed by atoms with E-state index in [2.05, 4.69) is 10.6 Å². The molecule has 6 nitrogen and oxygen atoms in total. The van der Waals surface area contributed by atoms with Gasteiger partial charge in [-0.2, -0.15) is 0 Å². The Bertz CT molecular complexity index is 606. The predicted octanol–water partition coefficient (Wildman–Crippen LogP) is 1.19. The second-order valence-corrected chi connectivity index (χ2v) is 6.32. The third-order valence-corrected chi connectivity index (χ3v) is 4.77. The minimum Gasteiger partial charge on any atom is -0.497 e. The molecule has 2 heterocycles. The van der Waals surface area contributed by atoms with Crippen molar-refractivity contribution in [3.8, 4) is 5.75 Å². The molecule has 2 fully saturated rings. The van der Waals surface area contributed by atoms with Gasteiger partial charge in [-0.15, -0.1) is 12.4 Å². The molecule has 24 heavy (non-hydrogen) atoms. The van der Waals surface area contributed by atoms with Crippen molar-refractivity contribution in [3.63, 3.8) is 0 Å². The number of nitrogens with zero attached hydrogens (tertiary/aromatic N) is 1. The summed E-state index contributed by atoms with van der Waals surface area (Å²) in [5.74, 6) is 1.18. The number of anilines is 1. The summed E-state index contributed by atoms with van der Waals surface area (Å²) in [6.45, 7) is 4.26. The molecule has 3 rings (SSSR count). The van der Waals surface area contributed by atoms with Crippen LogP contribution in [0, 0.1) is 11.8 Å². The van der Waals surface area contributed by atoms with Crippen LogP contribution in [0.3, 0.4) is 0 Å². The van der Waals surface area contributed by atoms with Gasteiger partial charge in [-0.25, -0.2) is 0 Å². The Morgan fingerprint density at radius 2 is 2.17 bits per heavy atom. The zero-order valence-electron chi connectivity index (χ0n) is 14.0. The number of halogens is 1. The molecule has 0 aromatic heterocycles. The van der Waals surface area contributed by atoms with E-state index in [9.17, 15) is 9.59 Å². The van der Waals surface area contributed by atoms with Gasteiger partial charge in [-0.1, -0.05) is 13.0 Å². The minimum atomic E-state index is -0.128. The Kier molecular flexibility index (Phi) is 6.07. The largest absolute Gasteiger partial charge is 0.497 e. The van der Waals surface area contributed by atoms with Gasteiger partial charge >= 0.3 is 0 Å². The number of ether oxygens (including phenoxy) is 1. The average molecular weight is 354 g/mol. The standard InChI is InChI=1S/C17H23N3O3.ClH/c1-11(12-8-18-9-12)17(22)19-13-6-16(21)20(10-13)14-4-3-5-15(7-14)23-2;/h3-5,7,11-13,18H,6,8-10H2,1-2H3,(H,19,22);1H. The van der Waals surface area contributed by atoms with Crippen molar-refractivity contribution >= 4 is 29.9 Å². The summed E-state index contributed by atoms with van der Waals surface area (Å²) < 4.78 is 5.20. The highest BCUT2D eigenvalue weighted by Gasteiger charge is 2.34. The highest BCUT2D eigenvalue weighted by atomic mass is 35.5. The predicted molar refractivity (Wildman–Crippen MR) is 94.7 cm³/mol. The lowest BCUT2D eigenvalue weighted by atomic mass is 9.88. The monoisotopic (exact) mass is 353 g/mol. The van der Waals surface area contributed by atoms with Crippen LogP contribution in [-0.2, 0) is 9.59 Å². The molecule has 0 saturated carbocycles. The summed E-state index contributed by atoms with van der Waals surface area (Å²) in [6, 6.07) is 7.30. The van der Waals surface area contributed by atoms with Crippen LogP contribution in [0.1, 0.15) is 13.3 Å². The van der Waals surface area contributed by atoms with Crippen LogP contribution in [0.2, 0.25) is 0 Å².